The molecular weight excluding hydrogens is 256 g/mol. The van der Waals surface area contributed by atoms with E-state index in [0.717, 1.165) is 38.9 Å². The first-order valence-corrected chi connectivity index (χ1v) is 7.95. The van der Waals surface area contributed by atoms with Crippen molar-refractivity contribution in [3.05, 3.63) is 0 Å². The summed E-state index contributed by atoms with van der Waals surface area (Å²) < 4.78 is 10.5. The lowest BCUT2D eigenvalue weighted by molar-refractivity contribution is -0.125. The topological polar surface area (TPSA) is 50.8 Å². The minimum Gasteiger partial charge on any atom is -0.381 e. The van der Waals surface area contributed by atoms with Crippen LogP contribution in [0.3, 0.4) is 0 Å². The summed E-state index contributed by atoms with van der Waals surface area (Å²) in [4.78, 5) is 14.1. The van der Waals surface area contributed by atoms with Gasteiger partial charge in [-0.1, -0.05) is 0 Å². The Morgan fingerprint density at radius 3 is 2.60 bits per heavy atom. The highest BCUT2D eigenvalue weighted by Crippen LogP contribution is 2.22. The van der Waals surface area contributed by atoms with Crippen molar-refractivity contribution >= 4 is 5.91 Å². The summed E-state index contributed by atoms with van der Waals surface area (Å²) in [5, 5.41) is 2.98. The largest absolute Gasteiger partial charge is 0.381 e. The van der Waals surface area contributed by atoms with Gasteiger partial charge in [-0.2, -0.15) is 0 Å². The molecule has 0 aromatic rings. The van der Waals surface area contributed by atoms with E-state index in [4.69, 9.17) is 9.47 Å². The second-order valence-corrected chi connectivity index (χ2v) is 5.76. The molecule has 20 heavy (non-hydrogen) atoms. The fraction of sp³-hybridized carbons (Fsp3) is 0.933. The maximum atomic E-state index is 11.5. The molecule has 0 unspecified atom stereocenters. The monoisotopic (exact) mass is 284 g/mol. The van der Waals surface area contributed by atoms with Gasteiger partial charge in [0.05, 0.1) is 0 Å². The van der Waals surface area contributed by atoms with Crippen molar-refractivity contribution in [3.63, 3.8) is 0 Å². The maximum Gasteiger partial charge on any atom is 0.246 e. The minimum absolute atomic E-state index is 0.0127. The predicted octanol–water partition coefficient (Wildman–Crippen LogP) is 1.03. The van der Waals surface area contributed by atoms with Crippen molar-refractivity contribution in [1.29, 1.82) is 0 Å². The molecule has 2 rings (SSSR count). The van der Waals surface area contributed by atoms with E-state index in [0.29, 0.717) is 12.5 Å². The van der Waals surface area contributed by atoms with E-state index in [1.54, 1.807) is 0 Å². The molecule has 2 saturated heterocycles. The van der Waals surface area contributed by atoms with E-state index in [1.807, 2.05) is 6.92 Å². The summed E-state index contributed by atoms with van der Waals surface area (Å²) in [5.74, 6) is 0.635. The zero-order valence-corrected chi connectivity index (χ0v) is 12.6. The Balaban J connectivity index is 1.60. The molecule has 2 aliphatic rings. The Bertz CT molecular complexity index is 285. The number of likely N-dealkylation sites (tertiary alicyclic amines) is 1. The number of ether oxygens (including phenoxy) is 2. The maximum absolute atomic E-state index is 11.5. The summed E-state index contributed by atoms with van der Waals surface area (Å²) in [7, 11) is 0. The van der Waals surface area contributed by atoms with Crippen LogP contribution in [-0.2, 0) is 14.3 Å². The van der Waals surface area contributed by atoms with Crippen molar-refractivity contribution < 1.29 is 14.3 Å². The molecule has 2 fully saturated rings. The number of hydrogen-bond donors (Lipinski definition) is 1. The fourth-order valence-corrected chi connectivity index (χ4v) is 3.08. The summed E-state index contributed by atoms with van der Waals surface area (Å²) in [5.41, 5.74) is 0. The van der Waals surface area contributed by atoms with Crippen LogP contribution in [0, 0.1) is 5.92 Å². The van der Waals surface area contributed by atoms with Gasteiger partial charge in [-0.25, -0.2) is 0 Å². The third-order valence-electron chi connectivity index (χ3n) is 4.38. The second-order valence-electron chi connectivity index (χ2n) is 5.76. The Morgan fingerprint density at radius 1 is 1.25 bits per heavy atom. The smallest absolute Gasteiger partial charge is 0.246 e. The van der Waals surface area contributed by atoms with Gasteiger partial charge < -0.3 is 19.7 Å². The van der Waals surface area contributed by atoms with Crippen LogP contribution in [0.5, 0.6) is 0 Å². The molecule has 5 nitrogen and oxygen atoms in total. The van der Waals surface area contributed by atoms with Crippen molar-refractivity contribution in [2.24, 2.45) is 5.92 Å². The molecule has 0 atom stereocenters. The van der Waals surface area contributed by atoms with Crippen LogP contribution >= 0.6 is 0 Å². The molecule has 1 N–H and O–H groups in total. The number of carbonyl (C=O) groups excluding carboxylic acids is 1. The molecule has 2 heterocycles. The Morgan fingerprint density at radius 2 is 1.95 bits per heavy atom. The highest BCUT2D eigenvalue weighted by molar-refractivity contribution is 5.77. The van der Waals surface area contributed by atoms with E-state index in [9.17, 15) is 4.79 Å². The number of piperidine rings is 1. The first kappa shape index (κ1) is 15.7. The molecular formula is C15H28N2O3. The van der Waals surface area contributed by atoms with Gasteiger partial charge in [0.2, 0.25) is 5.91 Å². The third-order valence-corrected chi connectivity index (χ3v) is 4.38. The highest BCUT2D eigenvalue weighted by atomic mass is 16.5. The highest BCUT2D eigenvalue weighted by Gasteiger charge is 2.26. The van der Waals surface area contributed by atoms with Gasteiger partial charge in [0.1, 0.15) is 6.61 Å². The van der Waals surface area contributed by atoms with Crippen LogP contribution in [0.15, 0.2) is 0 Å². The molecule has 0 bridgehead atoms. The molecule has 1 amide bonds. The number of nitrogens with zero attached hydrogens (tertiary/aromatic N) is 1. The molecule has 0 saturated carbocycles. The molecule has 2 aliphatic heterocycles. The number of hydrogen-bond acceptors (Lipinski definition) is 4. The molecule has 0 aliphatic carbocycles. The summed E-state index contributed by atoms with van der Waals surface area (Å²) in [6.45, 7) is 7.64. The average Bonchev–Trinajstić information content (AvgIpc) is 2.52. The number of amides is 1. The molecule has 0 aromatic carbocycles. The fourth-order valence-electron chi connectivity index (χ4n) is 3.08. The number of rotatable bonds is 6. The third kappa shape index (κ3) is 5.04. The van der Waals surface area contributed by atoms with E-state index in [-0.39, 0.29) is 12.5 Å². The lowest BCUT2D eigenvalue weighted by Gasteiger charge is -2.39. The summed E-state index contributed by atoms with van der Waals surface area (Å²) in [6, 6.07) is 0.720. The van der Waals surface area contributed by atoms with Crippen molar-refractivity contribution in [2.45, 2.75) is 38.6 Å². The lowest BCUT2D eigenvalue weighted by atomic mass is 9.94. The number of carbonyl (C=O) groups is 1. The van der Waals surface area contributed by atoms with E-state index in [2.05, 4.69) is 10.2 Å². The molecule has 116 valence electrons. The molecule has 0 aromatic heterocycles. The minimum atomic E-state index is 0.0127. The van der Waals surface area contributed by atoms with Gasteiger partial charge in [-0.05, 0) is 51.6 Å². The van der Waals surface area contributed by atoms with Crippen LogP contribution in [0.1, 0.15) is 32.6 Å². The van der Waals surface area contributed by atoms with Crippen LogP contribution in [0.25, 0.3) is 0 Å². The van der Waals surface area contributed by atoms with Gasteiger partial charge in [0, 0.05) is 32.4 Å². The van der Waals surface area contributed by atoms with Crippen LogP contribution < -0.4 is 5.32 Å². The second kappa shape index (κ2) is 8.60. The quantitative estimate of drug-likeness (QED) is 0.791. The van der Waals surface area contributed by atoms with Crippen molar-refractivity contribution in [1.82, 2.24) is 10.2 Å². The first-order chi connectivity index (χ1) is 9.79. The Kier molecular flexibility index (Phi) is 6.76. The van der Waals surface area contributed by atoms with E-state index >= 15 is 0 Å². The molecule has 5 heteroatoms. The van der Waals surface area contributed by atoms with E-state index in [1.165, 1.54) is 25.7 Å². The molecule has 0 spiro atoms. The zero-order valence-electron chi connectivity index (χ0n) is 12.6. The average molecular weight is 284 g/mol. The van der Waals surface area contributed by atoms with Crippen molar-refractivity contribution in [2.75, 3.05) is 46.1 Å². The van der Waals surface area contributed by atoms with Gasteiger partial charge in [-0.15, -0.1) is 0 Å². The standard InChI is InChI=1S/C15H28N2O3/c1-2-19-12-15(18)16-11-13-3-7-17(8-4-13)14-5-9-20-10-6-14/h13-14H,2-12H2,1H3,(H,16,18). The van der Waals surface area contributed by atoms with Gasteiger partial charge in [-0.3, -0.25) is 4.79 Å². The van der Waals surface area contributed by atoms with E-state index < -0.39 is 0 Å². The Labute approximate surface area is 122 Å². The summed E-state index contributed by atoms with van der Waals surface area (Å²) in [6.07, 6.45) is 4.73. The summed E-state index contributed by atoms with van der Waals surface area (Å²) >= 11 is 0. The number of nitrogens with one attached hydrogen (secondary N) is 1. The Hall–Kier alpha value is -0.650. The van der Waals surface area contributed by atoms with Gasteiger partial charge in [0.15, 0.2) is 0 Å². The normalized spacial score (nSPS) is 22.9. The van der Waals surface area contributed by atoms with Crippen LogP contribution in [-0.4, -0.2) is 62.9 Å². The first-order valence-electron chi connectivity index (χ1n) is 7.95. The van der Waals surface area contributed by atoms with Crippen molar-refractivity contribution in [3.8, 4) is 0 Å². The SMILES string of the molecule is CCOCC(=O)NCC1CCN(C2CCOCC2)CC1. The van der Waals surface area contributed by atoms with Crippen LogP contribution in [0.4, 0.5) is 0 Å². The lowest BCUT2D eigenvalue weighted by Crippen LogP contribution is -2.45. The van der Waals surface area contributed by atoms with Gasteiger partial charge in [0.25, 0.3) is 0 Å². The molecule has 0 radical (unpaired) electrons. The van der Waals surface area contributed by atoms with Crippen LogP contribution in [0.2, 0.25) is 0 Å². The predicted molar refractivity (Wildman–Crippen MR) is 77.6 cm³/mol. The zero-order chi connectivity index (χ0) is 14.2. The van der Waals surface area contributed by atoms with Gasteiger partial charge >= 0.3 is 0 Å².